The normalized spacial score (nSPS) is 18.1. The molecule has 5 nitrogen and oxygen atoms in total. The molecule has 1 N–H and O–H groups in total. The fourth-order valence-electron chi connectivity index (χ4n) is 2.25. The topological polar surface area (TPSA) is 58.6 Å². The zero-order chi connectivity index (χ0) is 14.5. The van der Waals surface area contributed by atoms with Crippen LogP contribution in [0.3, 0.4) is 0 Å². The molecule has 1 atom stereocenters. The van der Waals surface area contributed by atoms with E-state index in [1.54, 1.807) is 24.0 Å². The standard InChI is InChI=1S/C14H17BrN2O3/c1-2-20-16-13(18)12-4-3-9-17(12)14(19)10-5-7-11(15)8-6-10/h5-8,12H,2-4,9H2,1H3,(H,16,18)/t12-/m1/s1. The summed E-state index contributed by atoms with van der Waals surface area (Å²) in [7, 11) is 0. The van der Waals surface area contributed by atoms with Crippen LogP contribution in [0.1, 0.15) is 30.1 Å². The van der Waals surface area contributed by atoms with Gasteiger partial charge in [0.2, 0.25) is 0 Å². The molecule has 0 aliphatic carbocycles. The Morgan fingerprint density at radius 3 is 2.75 bits per heavy atom. The van der Waals surface area contributed by atoms with Crippen molar-refractivity contribution in [2.24, 2.45) is 0 Å². The zero-order valence-electron chi connectivity index (χ0n) is 11.3. The lowest BCUT2D eigenvalue weighted by Gasteiger charge is -2.23. The van der Waals surface area contributed by atoms with Crippen LogP contribution in [0.15, 0.2) is 28.7 Å². The average Bonchev–Trinajstić information content (AvgIpc) is 2.94. The monoisotopic (exact) mass is 340 g/mol. The first kappa shape index (κ1) is 15.0. The summed E-state index contributed by atoms with van der Waals surface area (Å²) in [5.41, 5.74) is 2.97. The van der Waals surface area contributed by atoms with Crippen LogP contribution in [0, 0.1) is 0 Å². The van der Waals surface area contributed by atoms with Crippen molar-refractivity contribution >= 4 is 27.7 Å². The minimum Gasteiger partial charge on any atom is -0.327 e. The predicted molar refractivity (Wildman–Crippen MR) is 78.0 cm³/mol. The number of benzene rings is 1. The van der Waals surface area contributed by atoms with Crippen LogP contribution in [0.5, 0.6) is 0 Å². The fourth-order valence-corrected chi connectivity index (χ4v) is 2.52. The van der Waals surface area contributed by atoms with E-state index in [1.165, 1.54) is 0 Å². The second-order valence-corrected chi connectivity index (χ2v) is 5.48. The molecule has 1 fully saturated rings. The summed E-state index contributed by atoms with van der Waals surface area (Å²) in [6, 6.07) is 6.69. The van der Waals surface area contributed by atoms with Crippen LogP contribution in [-0.2, 0) is 9.63 Å². The summed E-state index contributed by atoms with van der Waals surface area (Å²) in [6.45, 7) is 2.79. The van der Waals surface area contributed by atoms with Crippen molar-refractivity contribution in [3.63, 3.8) is 0 Å². The highest BCUT2D eigenvalue weighted by Gasteiger charge is 2.34. The van der Waals surface area contributed by atoms with Crippen LogP contribution in [0.25, 0.3) is 0 Å². The molecule has 0 unspecified atom stereocenters. The summed E-state index contributed by atoms with van der Waals surface area (Å²) in [5.74, 6) is -0.374. The van der Waals surface area contributed by atoms with Gasteiger partial charge in [0.1, 0.15) is 6.04 Å². The van der Waals surface area contributed by atoms with Gasteiger partial charge in [-0.1, -0.05) is 15.9 Å². The lowest BCUT2D eigenvalue weighted by Crippen LogP contribution is -2.45. The number of nitrogens with one attached hydrogen (secondary N) is 1. The molecule has 1 aromatic rings. The van der Waals surface area contributed by atoms with Gasteiger partial charge in [-0.2, -0.15) is 0 Å². The summed E-state index contributed by atoms with van der Waals surface area (Å²) >= 11 is 3.34. The molecule has 1 aromatic carbocycles. The number of amides is 2. The molecule has 1 heterocycles. The van der Waals surface area contributed by atoms with Crippen molar-refractivity contribution in [2.45, 2.75) is 25.8 Å². The molecule has 0 aromatic heterocycles. The van der Waals surface area contributed by atoms with Crippen LogP contribution in [-0.4, -0.2) is 35.9 Å². The Balaban J connectivity index is 2.08. The Labute approximate surface area is 126 Å². The van der Waals surface area contributed by atoms with Gasteiger partial charge in [0.15, 0.2) is 0 Å². The molecule has 1 aliphatic heterocycles. The first-order chi connectivity index (χ1) is 9.63. The van der Waals surface area contributed by atoms with Crippen LogP contribution in [0.2, 0.25) is 0 Å². The Bertz CT molecular complexity index is 490. The van der Waals surface area contributed by atoms with Gasteiger partial charge in [0, 0.05) is 16.6 Å². The number of halogens is 1. The molecule has 0 radical (unpaired) electrons. The van der Waals surface area contributed by atoms with Gasteiger partial charge >= 0.3 is 0 Å². The maximum Gasteiger partial charge on any atom is 0.266 e. The number of carbonyl (C=O) groups excluding carboxylic acids is 2. The van der Waals surface area contributed by atoms with Crippen LogP contribution in [0.4, 0.5) is 0 Å². The Morgan fingerprint density at radius 1 is 1.40 bits per heavy atom. The fraction of sp³-hybridized carbons (Fsp3) is 0.429. The molecule has 1 aliphatic rings. The van der Waals surface area contributed by atoms with E-state index in [4.69, 9.17) is 4.84 Å². The zero-order valence-corrected chi connectivity index (χ0v) is 12.9. The number of nitrogens with zero attached hydrogens (tertiary/aromatic N) is 1. The van der Waals surface area contributed by atoms with E-state index in [9.17, 15) is 9.59 Å². The number of hydrogen-bond acceptors (Lipinski definition) is 3. The summed E-state index contributed by atoms with van der Waals surface area (Å²) in [5, 5.41) is 0. The highest BCUT2D eigenvalue weighted by molar-refractivity contribution is 9.10. The third-order valence-electron chi connectivity index (χ3n) is 3.22. The lowest BCUT2D eigenvalue weighted by molar-refractivity contribution is -0.137. The van der Waals surface area contributed by atoms with Gasteiger partial charge in [0.05, 0.1) is 6.61 Å². The van der Waals surface area contributed by atoms with Crippen molar-refractivity contribution in [1.82, 2.24) is 10.4 Å². The molecular weight excluding hydrogens is 324 g/mol. The highest BCUT2D eigenvalue weighted by atomic mass is 79.9. The second-order valence-electron chi connectivity index (χ2n) is 4.56. The number of hydroxylamine groups is 1. The van der Waals surface area contributed by atoms with E-state index in [-0.39, 0.29) is 11.8 Å². The first-order valence-electron chi connectivity index (χ1n) is 6.61. The summed E-state index contributed by atoms with van der Waals surface area (Å²) < 4.78 is 0.918. The lowest BCUT2D eigenvalue weighted by atomic mass is 10.1. The maximum absolute atomic E-state index is 12.4. The molecular formula is C14H17BrN2O3. The average molecular weight is 341 g/mol. The minimum atomic E-state index is -0.447. The first-order valence-corrected chi connectivity index (χ1v) is 7.41. The van der Waals surface area contributed by atoms with E-state index in [2.05, 4.69) is 21.4 Å². The molecule has 0 saturated carbocycles. The smallest absolute Gasteiger partial charge is 0.266 e. The van der Waals surface area contributed by atoms with Crippen LogP contribution < -0.4 is 5.48 Å². The van der Waals surface area contributed by atoms with Gasteiger partial charge in [-0.25, -0.2) is 5.48 Å². The molecule has 20 heavy (non-hydrogen) atoms. The van der Waals surface area contributed by atoms with E-state index in [1.807, 2.05) is 12.1 Å². The van der Waals surface area contributed by atoms with Crippen molar-refractivity contribution in [3.05, 3.63) is 34.3 Å². The van der Waals surface area contributed by atoms with Crippen LogP contribution >= 0.6 is 15.9 Å². The molecule has 0 bridgehead atoms. The SMILES string of the molecule is CCONC(=O)[C@H]1CCCN1C(=O)c1ccc(Br)cc1. The largest absolute Gasteiger partial charge is 0.327 e. The Hall–Kier alpha value is -1.40. The van der Waals surface area contributed by atoms with E-state index >= 15 is 0 Å². The number of rotatable bonds is 4. The van der Waals surface area contributed by atoms with Gasteiger partial charge in [-0.3, -0.25) is 14.4 Å². The van der Waals surface area contributed by atoms with Crippen molar-refractivity contribution < 1.29 is 14.4 Å². The van der Waals surface area contributed by atoms with Crippen molar-refractivity contribution in [3.8, 4) is 0 Å². The van der Waals surface area contributed by atoms with Crippen molar-refractivity contribution in [2.75, 3.05) is 13.2 Å². The van der Waals surface area contributed by atoms with Gasteiger partial charge in [0.25, 0.3) is 11.8 Å². The molecule has 108 valence electrons. The van der Waals surface area contributed by atoms with E-state index in [0.29, 0.717) is 25.1 Å². The second kappa shape index (κ2) is 6.85. The van der Waals surface area contributed by atoms with Gasteiger partial charge in [-0.05, 0) is 44.0 Å². The number of hydrogen-bond donors (Lipinski definition) is 1. The third-order valence-corrected chi connectivity index (χ3v) is 3.75. The number of likely N-dealkylation sites (tertiary alicyclic amines) is 1. The van der Waals surface area contributed by atoms with Gasteiger partial charge < -0.3 is 4.90 Å². The van der Waals surface area contributed by atoms with Crippen molar-refractivity contribution in [1.29, 1.82) is 0 Å². The minimum absolute atomic E-state index is 0.119. The predicted octanol–water partition coefficient (Wildman–Crippen LogP) is 2.12. The van der Waals surface area contributed by atoms with E-state index < -0.39 is 6.04 Å². The Morgan fingerprint density at radius 2 is 2.10 bits per heavy atom. The van der Waals surface area contributed by atoms with E-state index in [0.717, 1.165) is 10.9 Å². The number of carbonyl (C=O) groups is 2. The Kier molecular flexibility index (Phi) is 5.14. The third kappa shape index (κ3) is 3.37. The summed E-state index contributed by atoms with van der Waals surface area (Å²) in [4.78, 5) is 30.9. The molecule has 2 amide bonds. The molecule has 0 spiro atoms. The summed E-state index contributed by atoms with van der Waals surface area (Å²) in [6.07, 6.45) is 1.49. The quantitative estimate of drug-likeness (QED) is 0.854. The molecule has 2 rings (SSSR count). The molecule has 6 heteroatoms. The molecule has 1 saturated heterocycles. The maximum atomic E-state index is 12.4. The highest BCUT2D eigenvalue weighted by Crippen LogP contribution is 2.21. The van der Waals surface area contributed by atoms with Gasteiger partial charge in [-0.15, -0.1) is 0 Å².